The lowest BCUT2D eigenvalue weighted by molar-refractivity contribution is 0.109. The van der Waals surface area contributed by atoms with Crippen molar-refractivity contribution in [1.29, 1.82) is 0 Å². The van der Waals surface area contributed by atoms with Crippen molar-refractivity contribution in [2.75, 3.05) is 13.6 Å². The molecule has 0 spiro atoms. The molecule has 0 amide bonds. The van der Waals surface area contributed by atoms with E-state index in [1.54, 1.807) is 0 Å². The summed E-state index contributed by atoms with van der Waals surface area (Å²) in [6, 6.07) is 2.55. The summed E-state index contributed by atoms with van der Waals surface area (Å²) in [7, 11) is 2.21. The second kappa shape index (κ2) is 6.25. The SMILES string of the molecule is CN(Cc1cc(Br)cs1)CC1CCCC(C)(C)C1N. The molecule has 0 radical (unpaired) electrons. The van der Waals surface area contributed by atoms with Gasteiger partial charge in [0, 0.05) is 33.9 Å². The van der Waals surface area contributed by atoms with Crippen molar-refractivity contribution in [3.05, 3.63) is 20.8 Å². The summed E-state index contributed by atoms with van der Waals surface area (Å²) < 4.78 is 1.19. The van der Waals surface area contributed by atoms with Gasteiger partial charge in [0.05, 0.1) is 0 Å². The molecule has 2 nitrogen and oxygen atoms in total. The highest BCUT2D eigenvalue weighted by Crippen LogP contribution is 2.38. The summed E-state index contributed by atoms with van der Waals surface area (Å²) in [5.74, 6) is 0.636. The quantitative estimate of drug-likeness (QED) is 0.890. The Hall–Kier alpha value is 0.1000. The van der Waals surface area contributed by atoms with Gasteiger partial charge in [0.15, 0.2) is 0 Å². The average Bonchev–Trinajstić information content (AvgIpc) is 2.70. The molecule has 1 aromatic heterocycles. The lowest BCUT2D eigenvalue weighted by Gasteiger charge is -2.43. The van der Waals surface area contributed by atoms with Crippen molar-refractivity contribution in [3.63, 3.8) is 0 Å². The van der Waals surface area contributed by atoms with E-state index in [9.17, 15) is 0 Å². The van der Waals surface area contributed by atoms with Crippen molar-refractivity contribution in [3.8, 4) is 0 Å². The first kappa shape index (κ1) is 15.5. The van der Waals surface area contributed by atoms with Crippen LogP contribution in [0, 0.1) is 11.3 Å². The Morgan fingerprint density at radius 1 is 1.53 bits per heavy atom. The number of halogens is 1. The van der Waals surface area contributed by atoms with E-state index < -0.39 is 0 Å². The number of thiophene rings is 1. The molecule has 2 atom stereocenters. The summed E-state index contributed by atoms with van der Waals surface area (Å²) in [5.41, 5.74) is 6.77. The maximum atomic E-state index is 6.47. The van der Waals surface area contributed by atoms with Gasteiger partial charge in [-0.25, -0.2) is 0 Å². The van der Waals surface area contributed by atoms with Gasteiger partial charge in [-0.05, 0) is 53.2 Å². The van der Waals surface area contributed by atoms with E-state index in [-0.39, 0.29) is 0 Å². The zero-order valence-electron chi connectivity index (χ0n) is 12.2. The van der Waals surface area contributed by atoms with Gasteiger partial charge in [0.2, 0.25) is 0 Å². The standard InChI is InChI=1S/C15H25BrN2S/c1-15(2)6-4-5-11(14(15)17)8-18(3)9-13-7-12(16)10-19-13/h7,10-11,14H,4-6,8-9,17H2,1-3H3. The fourth-order valence-electron chi connectivity index (χ4n) is 3.18. The van der Waals surface area contributed by atoms with Crippen LogP contribution in [-0.2, 0) is 6.54 Å². The van der Waals surface area contributed by atoms with Crippen LogP contribution >= 0.6 is 27.3 Å². The molecule has 2 N–H and O–H groups in total. The van der Waals surface area contributed by atoms with Crippen LogP contribution in [-0.4, -0.2) is 24.5 Å². The number of nitrogens with zero attached hydrogens (tertiary/aromatic N) is 1. The zero-order chi connectivity index (χ0) is 14.0. The third-order valence-corrected chi connectivity index (χ3v) is 6.08. The predicted molar refractivity (Wildman–Crippen MR) is 87.5 cm³/mol. The highest BCUT2D eigenvalue weighted by molar-refractivity contribution is 9.10. The Bertz CT molecular complexity index is 416. The minimum atomic E-state index is 0.301. The first-order chi connectivity index (χ1) is 8.88. The zero-order valence-corrected chi connectivity index (χ0v) is 14.6. The van der Waals surface area contributed by atoms with Gasteiger partial charge in [-0.2, -0.15) is 0 Å². The van der Waals surface area contributed by atoms with E-state index >= 15 is 0 Å². The number of rotatable bonds is 4. The maximum absolute atomic E-state index is 6.47. The number of hydrogen-bond acceptors (Lipinski definition) is 3. The second-order valence-electron chi connectivity index (χ2n) is 6.59. The van der Waals surface area contributed by atoms with Crippen LogP contribution in [0.2, 0.25) is 0 Å². The molecule has 1 heterocycles. The fraction of sp³-hybridized carbons (Fsp3) is 0.733. The van der Waals surface area contributed by atoms with Crippen molar-refractivity contribution in [2.45, 2.75) is 45.7 Å². The van der Waals surface area contributed by atoms with Crippen LogP contribution < -0.4 is 5.73 Å². The van der Waals surface area contributed by atoms with Gasteiger partial charge in [0.25, 0.3) is 0 Å². The summed E-state index contributed by atoms with van der Waals surface area (Å²) in [6.45, 7) is 6.78. The summed E-state index contributed by atoms with van der Waals surface area (Å²) in [5, 5.41) is 2.15. The highest BCUT2D eigenvalue weighted by atomic mass is 79.9. The van der Waals surface area contributed by atoms with Crippen molar-refractivity contribution in [1.82, 2.24) is 4.90 Å². The molecule has 1 fully saturated rings. The number of nitrogens with two attached hydrogens (primary N) is 1. The van der Waals surface area contributed by atoms with Gasteiger partial charge in [0.1, 0.15) is 0 Å². The van der Waals surface area contributed by atoms with Gasteiger partial charge in [-0.15, -0.1) is 11.3 Å². The van der Waals surface area contributed by atoms with Crippen LogP contribution in [0.1, 0.15) is 38.0 Å². The van der Waals surface area contributed by atoms with Crippen molar-refractivity contribution in [2.24, 2.45) is 17.1 Å². The highest BCUT2D eigenvalue weighted by Gasteiger charge is 2.36. The summed E-state index contributed by atoms with van der Waals surface area (Å²) >= 11 is 5.34. The second-order valence-corrected chi connectivity index (χ2v) is 8.51. The van der Waals surface area contributed by atoms with Crippen LogP contribution in [0.5, 0.6) is 0 Å². The first-order valence-corrected chi connectivity index (χ1v) is 8.73. The Labute approximate surface area is 129 Å². The van der Waals surface area contributed by atoms with Gasteiger partial charge in [-0.1, -0.05) is 20.3 Å². The molecule has 19 heavy (non-hydrogen) atoms. The molecule has 1 aromatic rings. The van der Waals surface area contributed by atoms with Crippen LogP contribution in [0.3, 0.4) is 0 Å². The molecule has 0 aromatic carbocycles. The smallest absolute Gasteiger partial charge is 0.0325 e. The molecule has 1 saturated carbocycles. The predicted octanol–water partition coefficient (Wildman–Crippen LogP) is 4.10. The Morgan fingerprint density at radius 2 is 2.26 bits per heavy atom. The molecule has 1 aliphatic rings. The van der Waals surface area contributed by atoms with Gasteiger partial charge in [-0.3, -0.25) is 0 Å². The lowest BCUT2D eigenvalue weighted by atomic mass is 9.68. The monoisotopic (exact) mass is 344 g/mol. The van der Waals surface area contributed by atoms with E-state index in [2.05, 4.69) is 53.2 Å². The van der Waals surface area contributed by atoms with Gasteiger partial charge < -0.3 is 10.6 Å². The molecular formula is C15H25BrN2S. The number of hydrogen-bond donors (Lipinski definition) is 1. The van der Waals surface area contributed by atoms with Crippen LogP contribution in [0.15, 0.2) is 15.9 Å². The molecule has 2 rings (SSSR count). The van der Waals surface area contributed by atoms with Gasteiger partial charge >= 0.3 is 0 Å². The van der Waals surface area contributed by atoms with Crippen molar-refractivity contribution < 1.29 is 0 Å². The minimum Gasteiger partial charge on any atom is -0.327 e. The average molecular weight is 345 g/mol. The Kier molecular flexibility index (Phi) is 5.09. The Morgan fingerprint density at radius 3 is 2.89 bits per heavy atom. The summed E-state index contributed by atoms with van der Waals surface area (Å²) in [6.07, 6.45) is 3.87. The third-order valence-electron chi connectivity index (χ3n) is 4.40. The van der Waals surface area contributed by atoms with Crippen LogP contribution in [0.4, 0.5) is 0 Å². The van der Waals surface area contributed by atoms with Crippen LogP contribution in [0.25, 0.3) is 0 Å². The van der Waals surface area contributed by atoms with E-state index in [1.807, 2.05) is 11.3 Å². The van der Waals surface area contributed by atoms with E-state index in [4.69, 9.17) is 5.73 Å². The molecule has 1 aliphatic carbocycles. The topological polar surface area (TPSA) is 29.3 Å². The molecule has 0 aliphatic heterocycles. The first-order valence-electron chi connectivity index (χ1n) is 7.05. The molecule has 0 bridgehead atoms. The maximum Gasteiger partial charge on any atom is 0.0325 e. The summed E-state index contributed by atoms with van der Waals surface area (Å²) in [4.78, 5) is 3.84. The Balaban J connectivity index is 1.89. The minimum absolute atomic E-state index is 0.301. The molecule has 108 valence electrons. The molecule has 0 saturated heterocycles. The van der Waals surface area contributed by atoms with Crippen molar-refractivity contribution >= 4 is 27.3 Å². The fourth-order valence-corrected chi connectivity index (χ4v) is 4.71. The molecule has 4 heteroatoms. The normalized spacial score (nSPS) is 26.8. The van der Waals surface area contributed by atoms with E-state index in [1.165, 1.54) is 28.6 Å². The lowest BCUT2D eigenvalue weighted by Crippen LogP contribution is -2.49. The third kappa shape index (κ3) is 4.03. The molecular weight excluding hydrogens is 320 g/mol. The van der Waals surface area contributed by atoms with E-state index in [0.717, 1.165) is 13.1 Å². The molecule has 2 unspecified atom stereocenters. The largest absolute Gasteiger partial charge is 0.327 e. The van der Waals surface area contributed by atoms with E-state index in [0.29, 0.717) is 17.4 Å².